The fourth-order valence-electron chi connectivity index (χ4n) is 4.46. The van der Waals surface area contributed by atoms with E-state index in [1.807, 2.05) is 39.0 Å². The Hall–Kier alpha value is -3.63. The van der Waals surface area contributed by atoms with Crippen molar-refractivity contribution in [1.29, 1.82) is 0 Å². The predicted octanol–water partition coefficient (Wildman–Crippen LogP) is 5.58. The highest BCUT2D eigenvalue weighted by Gasteiger charge is 2.33. The lowest BCUT2D eigenvalue weighted by atomic mass is 9.97. The van der Waals surface area contributed by atoms with Gasteiger partial charge >= 0.3 is 12.3 Å². The average Bonchev–Trinajstić information content (AvgIpc) is 2.82. The molecule has 0 radical (unpaired) electrons. The van der Waals surface area contributed by atoms with Crippen LogP contribution in [0, 0.1) is 6.92 Å². The summed E-state index contributed by atoms with van der Waals surface area (Å²) < 4.78 is 45.7. The lowest BCUT2D eigenvalue weighted by Crippen LogP contribution is -2.50. The largest absolute Gasteiger partial charge is 0.444 e. The number of benzene rings is 2. The Balaban J connectivity index is 1.53. The first-order chi connectivity index (χ1) is 17.3. The standard InChI is InChI=1S/C26H31F3N6O2/c1-16-19(7-6-8-21(16)26(27,28)29)17(2)30-23-20-15-18(9-10-22(20)31-33-32-23)34-11-13-35(14-12-34)24(36)37-25(3,4)5/h6-10,15,17H,11-14H2,1-5H3,(H,30,31,32)/t17-/m1/s1. The van der Waals surface area contributed by atoms with Crippen molar-refractivity contribution in [2.45, 2.75) is 52.4 Å². The Morgan fingerprint density at radius 3 is 2.41 bits per heavy atom. The molecule has 37 heavy (non-hydrogen) atoms. The number of nitrogens with one attached hydrogen (secondary N) is 1. The second-order valence-electron chi connectivity index (χ2n) is 10.2. The predicted molar refractivity (Wildman–Crippen MR) is 136 cm³/mol. The number of piperazine rings is 1. The van der Waals surface area contributed by atoms with Crippen LogP contribution in [0.5, 0.6) is 0 Å². The Kier molecular flexibility index (Phi) is 7.16. The van der Waals surface area contributed by atoms with E-state index in [4.69, 9.17) is 4.74 Å². The molecule has 1 atom stereocenters. The zero-order valence-electron chi connectivity index (χ0n) is 21.6. The van der Waals surface area contributed by atoms with Crippen LogP contribution in [0.25, 0.3) is 10.9 Å². The van der Waals surface area contributed by atoms with E-state index in [1.165, 1.54) is 13.0 Å². The number of hydrogen-bond acceptors (Lipinski definition) is 7. The molecule has 0 spiro atoms. The Morgan fingerprint density at radius 1 is 1.05 bits per heavy atom. The van der Waals surface area contributed by atoms with Crippen LogP contribution in [-0.4, -0.2) is 58.2 Å². The number of carbonyl (C=O) groups is 1. The van der Waals surface area contributed by atoms with Crippen molar-refractivity contribution in [3.63, 3.8) is 0 Å². The molecule has 198 valence electrons. The van der Waals surface area contributed by atoms with Gasteiger partial charge in [0.05, 0.1) is 17.1 Å². The quantitative estimate of drug-likeness (QED) is 0.485. The number of carbonyl (C=O) groups excluding carboxylic acids is 1. The molecule has 1 aliphatic heterocycles. The minimum absolute atomic E-state index is 0.171. The zero-order chi connectivity index (χ0) is 27.0. The van der Waals surface area contributed by atoms with Gasteiger partial charge in [0.2, 0.25) is 0 Å². The monoisotopic (exact) mass is 516 g/mol. The van der Waals surface area contributed by atoms with Gasteiger partial charge in [-0.15, -0.1) is 10.2 Å². The first-order valence-corrected chi connectivity index (χ1v) is 12.1. The molecular weight excluding hydrogens is 485 g/mol. The molecule has 0 aliphatic carbocycles. The van der Waals surface area contributed by atoms with Crippen molar-refractivity contribution in [3.05, 3.63) is 53.1 Å². The van der Waals surface area contributed by atoms with Crippen LogP contribution in [-0.2, 0) is 10.9 Å². The Morgan fingerprint density at radius 2 is 1.76 bits per heavy atom. The van der Waals surface area contributed by atoms with Gasteiger partial charge in [-0.2, -0.15) is 13.2 Å². The van der Waals surface area contributed by atoms with Gasteiger partial charge in [-0.1, -0.05) is 12.1 Å². The number of halogens is 3. The number of fused-ring (bicyclic) bond motifs is 1. The maximum absolute atomic E-state index is 13.4. The molecule has 0 saturated carbocycles. The van der Waals surface area contributed by atoms with Gasteiger partial charge in [0.25, 0.3) is 0 Å². The van der Waals surface area contributed by atoms with Crippen molar-refractivity contribution in [2.24, 2.45) is 0 Å². The minimum atomic E-state index is -4.43. The van der Waals surface area contributed by atoms with E-state index in [0.717, 1.165) is 11.8 Å². The number of alkyl halides is 3. The third-order valence-corrected chi connectivity index (χ3v) is 6.33. The summed E-state index contributed by atoms with van der Waals surface area (Å²) in [7, 11) is 0. The topological polar surface area (TPSA) is 83.5 Å². The number of aromatic nitrogens is 3. The summed E-state index contributed by atoms with van der Waals surface area (Å²) in [5.41, 5.74) is 1.03. The maximum Gasteiger partial charge on any atom is 0.416 e. The average molecular weight is 517 g/mol. The molecular formula is C26H31F3N6O2. The number of hydrogen-bond donors (Lipinski definition) is 1. The molecule has 0 unspecified atom stereocenters. The van der Waals surface area contributed by atoms with Crippen LogP contribution in [0.1, 0.15) is 50.4 Å². The highest BCUT2D eigenvalue weighted by Crippen LogP contribution is 2.35. The molecule has 1 aromatic heterocycles. The molecule has 4 rings (SSSR count). The molecule has 11 heteroatoms. The number of rotatable bonds is 4. The summed E-state index contributed by atoms with van der Waals surface area (Å²) in [6, 6.07) is 9.43. The highest BCUT2D eigenvalue weighted by atomic mass is 19.4. The van der Waals surface area contributed by atoms with Gasteiger partial charge in [0.1, 0.15) is 5.60 Å². The second-order valence-corrected chi connectivity index (χ2v) is 10.2. The summed E-state index contributed by atoms with van der Waals surface area (Å²) in [4.78, 5) is 16.2. The SMILES string of the molecule is Cc1c([C@@H](C)Nc2nnnc3ccc(N4CCN(C(=O)OC(C)(C)C)CC4)cc23)cccc1C(F)(F)F. The lowest BCUT2D eigenvalue weighted by Gasteiger charge is -2.36. The molecule has 2 aromatic carbocycles. The third-order valence-electron chi connectivity index (χ3n) is 6.33. The summed E-state index contributed by atoms with van der Waals surface area (Å²) in [6.07, 6.45) is -4.75. The van der Waals surface area contributed by atoms with Gasteiger partial charge in [-0.3, -0.25) is 0 Å². The van der Waals surface area contributed by atoms with Gasteiger partial charge in [-0.05, 0) is 75.2 Å². The molecule has 3 aromatic rings. The summed E-state index contributed by atoms with van der Waals surface area (Å²) >= 11 is 0. The first kappa shape index (κ1) is 26.4. The summed E-state index contributed by atoms with van der Waals surface area (Å²) in [5, 5.41) is 16.0. The Bertz CT molecular complexity index is 1280. The van der Waals surface area contributed by atoms with E-state index in [1.54, 1.807) is 17.9 Å². The normalized spacial score (nSPS) is 15.6. The molecule has 1 amide bonds. The molecule has 1 aliphatic rings. The van der Waals surface area contributed by atoms with Crippen molar-refractivity contribution in [3.8, 4) is 0 Å². The minimum Gasteiger partial charge on any atom is -0.444 e. The van der Waals surface area contributed by atoms with Crippen LogP contribution >= 0.6 is 0 Å². The van der Waals surface area contributed by atoms with E-state index in [0.29, 0.717) is 48.5 Å². The van der Waals surface area contributed by atoms with Crippen molar-refractivity contribution >= 4 is 28.5 Å². The second kappa shape index (κ2) is 10.0. The number of ether oxygens (including phenoxy) is 1. The fourth-order valence-corrected chi connectivity index (χ4v) is 4.46. The summed E-state index contributed by atoms with van der Waals surface area (Å²) in [5.74, 6) is 0.434. The first-order valence-electron chi connectivity index (χ1n) is 12.1. The van der Waals surface area contributed by atoms with Crippen molar-refractivity contribution in [1.82, 2.24) is 20.3 Å². The van der Waals surface area contributed by atoms with Gasteiger partial charge < -0.3 is 19.9 Å². The smallest absolute Gasteiger partial charge is 0.416 e. The number of anilines is 2. The van der Waals surface area contributed by atoms with Gasteiger partial charge in [0, 0.05) is 37.3 Å². The molecule has 1 saturated heterocycles. The van der Waals surface area contributed by atoms with E-state index in [9.17, 15) is 18.0 Å². The van der Waals surface area contributed by atoms with Crippen LogP contribution in [0.2, 0.25) is 0 Å². The summed E-state index contributed by atoms with van der Waals surface area (Å²) in [6.45, 7) is 11.1. The van der Waals surface area contributed by atoms with E-state index in [-0.39, 0.29) is 11.7 Å². The van der Waals surface area contributed by atoms with E-state index < -0.39 is 23.4 Å². The van der Waals surface area contributed by atoms with E-state index in [2.05, 4.69) is 25.6 Å². The maximum atomic E-state index is 13.4. The number of amides is 1. The van der Waals surface area contributed by atoms with Crippen LogP contribution < -0.4 is 10.2 Å². The zero-order valence-corrected chi connectivity index (χ0v) is 21.6. The highest BCUT2D eigenvalue weighted by molar-refractivity contribution is 5.91. The van der Waals surface area contributed by atoms with Gasteiger partial charge in [-0.25, -0.2) is 4.79 Å². The van der Waals surface area contributed by atoms with Crippen LogP contribution in [0.3, 0.4) is 0 Å². The van der Waals surface area contributed by atoms with Gasteiger partial charge in [0.15, 0.2) is 5.82 Å². The molecule has 0 bridgehead atoms. The molecule has 1 fully saturated rings. The van der Waals surface area contributed by atoms with Crippen LogP contribution in [0.15, 0.2) is 36.4 Å². The lowest BCUT2D eigenvalue weighted by molar-refractivity contribution is -0.138. The molecule has 2 heterocycles. The van der Waals surface area contributed by atoms with Crippen molar-refractivity contribution < 1.29 is 22.7 Å². The third kappa shape index (κ3) is 6.03. The molecule has 8 nitrogen and oxygen atoms in total. The van der Waals surface area contributed by atoms with Crippen molar-refractivity contribution in [2.75, 3.05) is 36.4 Å². The number of nitrogens with zero attached hydrogens (tertiary/aromatic N) is 5. The van der Waals surface area contributed by atoms with E-state index >= 15 is 0 Å². The molecule has 1 N–H and O–H groups in total. The Labute approximate surface area is 213 Å². The fraction of sp³-hybridized carbons (Fsp3) is 0.462. The van der Waals surface area contributed by atoms with Crippen LogP contribution in [0.4, 0.5) is 29.5 Å².